The Morgan fingerprint density at radius 3 is 2.58 bits per heavy atom. The molecule has 1 atom stereocenters. The van der Waals surface area contributed by atoms with Gasteiger partial charge in [0.25, 0.3) is 5.91 Å². The molecule has 1 unspecified atom stereocenters. The van der Waals surface area contributed by atoms with Crippen molar-refractivity contribution in [1.29, 1.82) is 0 Å². The number of carboxylic acid groups (broad SMARTS) is 1. The van der Waals surface area contributed by atoms with Crippen LogP contribution in [0.1, 0.15) is 35.3 Å². The highest BCUT2D eigenvalue weighted by Gasteiger charge is 2.24. The van der Waals surface area contributed by atoms with E-state index in [9.17, 15) is 9.59 Å². The Morgan fingerprint density at radius 1 is 1.26 bits per heavy atom. The minimum absolute atomic E-state index is 0.167. The van der Waals surface area contributed by atoms with Crippen LogP contribution >= 0.6 is 0 Å². The van der Waals surface area contributed by atoms with E-state index in [1.165, 1.54) is 0 Å². The van der Waals surface area contributed by atoms with Crippen LogP contribution in [0.2, 0.25) is 0 Å². The predicted octanol–water partition coefficient (Wildman–Crippen LogP) is 1.56. The average Bonchev–Trinajstić information content (AvgIpc) is 2.81. The normalized spacial score (nSPS) is 15.1. The summed E-state index contributed by atoms with van der Waals surface area (Å²) in [4.78, 5) is 23.1. The van der Waals surface area contributed by atoms with E-state index >= 15 is 0 Å². The number of ether oxygens (including phenoxy) is 1. The summed E-state index contributed by atoms with van der Waals surface area (Å²) < 4.78 is 5.28. The highest BCUT2D eigenvalue weighted by Crippen LogP contribution is 2.21. The number of amides is 1. The van der Waals surface area contributed by atoms with Gasteiger partial charge in [0.05, 0.1) is 13.2 Å². The minimum atomic E-state index is -1.02. The number of rotatable bonds is 4. The summed E-state index contributed by atoms with van der Waals surface area (Å²) in [6.45, 7) is 4.59. The zero-order valence-corrected chi connectivity index (χ0v) is 11.0. The average molecular weight is 263 g/mol. The minimum Gasteiger partial charge on any atom is -0.480 e. The van der Waals surface area contributed by atoms with Crippen molar-refractivity contribution in [2.45, 2.75) is 33.1 Å². The lowest BCUT2D eigenvalue weighted by Crippen LogP contribution is -2.44. The number of carboxylic acids is 1. The van der Waals surface area contributed by atoms with Gasteiger partial charge in [-0.3, -0.25) is 4.79 Å². The smallest absolute Gasteiger partial charge is 0.326 e. The predicted molar refractivity (Wildman–Crippen MR) is 68.7 cm³/mol. The van der Waals surface area contributed by atoms with Gasteiger partial charge in [0.2, 0.25) is 0 Å². The van der Waals surface area contributed by atoms with Crippen LogP contribution in [0.5, 0.6) is 0 Å². The number of hydrogen-bond acceptors (Lipinski definition) is 3. The van der Waals surface area contributed by atoms with Crippen LogP contribution in [0.25, 0.3) is 0 Å². The van der Waals surface area contributed by atoms with E-state index in [0.717, 1.165) is 11.1 Å². The van der Waals surface area contributed by atoms with Gasteiger partial charge in [-0.05, 0) is 29.2 Å². The second-order valence-electron chi connectivity index (χ2n) is 5.01. The van der Waals surface area contributed by atoms with E-state index in [1.807, 2.05) is 6.07 Å². The van der Waals surface area contributed by atoms with Gasteiger partial charge < -0.3 is 15.2 Å². The van der Waals surface area contributed by atoms with Crippen molar-refractivity contribution in [3.63, 3.8) is 0 Å². The van der Waals surface area contributed by atoms with Crippen LogP contribution in [0.3, 0.4) is 0 Å². The third-order valence-electron chi connectivity index (χ3n) is 3.20. The first-order chi connectivity index (χ1) is 8.99. The molecule has 0 bridgehead atoms. The van der Waals surface area contributed by atoms with E-state index in [-0.39, 0.29) is 11.8 Å². The lowest BCUT2D eigenvalue weighted by atomic mass is 10.0. The molecule has 0 spiro atoms. The van der Waals surface area contributed by atoms with E-state index in [2.05, 4.69) is 5.32 Å². The number of benzene rings is 1. The number of carbonyl (C=O) groups is 2. The van der Waals surface area contributed by atoms with Crippen molar-refractivity contribution in [3.05, 3.63) is 34.9 Å². The Hall–Kier alpha value is -1.88. The molecule has 2 rings (SSSR count). The topological polar surface area (TPSA) is 75.6 Å². The molecule has 0 aliphatic carbocycles. The molecular weight excluding hydrogens is 246 g/mol. The van der Waals surface area contributed by atoms with Crippen LogP contribution in [0.15, 0.2) is 18.2 Å². The molecule has 1 heterocycles. The zero-order chi connectivity index (χ0) is 14.0. The molecule has 0 saturated heterocycles. The first kappa shape index (κ1) is 13.5. The van der Waals surface area contributed by atoms with Gasteiger partial charge in [0.15, 0.2) is 0 Å². The second kappa shape index (κ2) is 5.40. The van der Waals surface area contributed by atoms with E-state index < -0.39 is 12.0 Å². The largest absolute Gasteiger partial charge is 0.480 e. The Bertz CT molecular complexity index is 510. The molecule has 1 aliphatic heterocycles. The van der Waals surface area contributed by atoms with Crippen molar-refractivity contribution >= 4 is 11.9 Å². The second-order valence-corrected chi connectivity index (χ2v) is 5.01. The lowest BCUT2D eigenvalue weighted by molar-refractivity contribution is -0.140. The van der Waals surface area contributed by atoms with Gasteiger partial charge in [-0.1, -0.05) is 19.9 Å². The van der Waals surface area contributed by atoms with Gasteiger partial charge in [-0.2, -0.15) is 0 Å². The standard InChI is InChI=1S/C14H17NO4/c1-8(2)12(14(17)18)15-13(16)9-3-4-10-6-19-7-11(10)5-9/h3-5,8,12H,6-7H2,1-2H3,(H,15,16)(H,17,18). The third-order valence-corrected chi connectivity index (χ3v) is 3.20. The lowest BCUT2D eigenvalue weighted by Gasteiger charge is -2.18. The summed E-state index contributed by atoms with van der Waals surface area (Å²) in [5.41, 5.74) is 2.54. The van der Waals surface area contributed by atoms with Crippen molar-refractivity contribution in [3.8, 4) is 0 Å². The fraction of sp³-hybridized carbons (Fsp3) is 0.429. The van der Waals surface area contributed by atoms with Gasteiger partial charge in [-0.15, -0.1) is 0 Å². The van der Waals surface area contributed by atoms with Crippen molar-refractivity contribution in [2.24, 2.45) is 5.92 Å². The summed E-state index contributed by atoms with van der Waals surface area (Å²) in [7, 11) is 0. The van der Waals surface area contributed by atoms with Crippen LogP contribution in [0.4, 0.5) is 0 Å². The molecule has 5 nitrogen and oxygen atoms in total. The van der Waals surface area contributed by atoms with Gasteiger partial charge in [0.1, 0.15) is 6.04 Å². The van der Waals surface area contributed by atoms with E-state index in [0.29, 0.717) is 18.8 Å². The number of carbonyl (C=O) groups excluding carboxylic acids is 1. The molecule has 1 amide bonds. The quantitative estimate of drug-likeness (QED) is 0.864. The molecule has 5 heteroatoms. The Kier molecular flexibility index (Phi) is 3.85. The molecule has 1 aromatic carbocycles. The summed E-state index contributed by atoms with van der Waals surface area (Å²) >= 11 is 0. The number of nitrogens with one attached hydrogen (secondary N) is 1. The Morgan fingerprint density at radius 2 is 1.95 bits per heavy atom. The molecule has 19 heavy (non-hydrogen) atoms. The molecule has 2 N–H and O–H groups in total. The molecule has 1 aromatic rings. The summed E-state index contributed by atoms with van der Waals surface area (Å²) in [5, 5.41) is 11.6. The number of fused-ring (bicyclic) bond motifs is 1. The van der Waals surface area contributed by atoms with Crippen molar-refractivity contribution in [2.75, 3.05) is 0 Å². The van der Waals surface area contributed by atoms with Crippen molar-refractivity contribution in [1.82, 2.24) is 5.32 Å². The van der Waals surface area contributed by atoms with Gasteiger partial charge in [0, 0.05) is 5.56 Å². The van der Waals surface area contributed by atoms with Crippen LogP contribution in [-0.4, -0.2) is 23.0 Å². The number of aliphatic carboxylic acids is 1. The maximum atomic E-state index is 12.0. The first-order valence-electron chi connectivity index (χ1n) is 6.22. The highest BCUT2D eigenvalue weighted by atomic mass is 16.5. The van der Waals surface area contributed by atoms with E-state index in [1.54, 1.807) is 26.0 Å². The summed E-state index contributed by atoms with van der Waals surface area (Å²) in [6.07, 6.45) is 0. The molecule has 0 saturated carbocycles. The monoisotopic (exact) mass is 263 g/mol. The maximum Gasteiger partial charge on any atom is 0.326 e. The van der Waals surface area contributed by atoms with Crippen molar-refractivity contribution < 1.29 is 19.4 Å². The summed E-state index contributed by atoms with van der Waals surface area (Å²) in [5.74, 6) is -1.55. The van der Waals surface area contributed by atoms with Crippen LogP contribution in [-0.2, 0) is 22.7 Å². The first-order valence-corrected chi connectivity index (χ1v) is 6.22. The fourth-order valence-corrected chi connectivity index (χ4v) is 2.05. The molecular formula is C14H17NO4. The molecule has 0 fully saturated rings. The highest BCUT2D eigenvalue weighted by molar-refractivity contribution is 5.96. The maximum absolute atomic E-state index is 12.0. The Labute approximate surface area is 111 Å². The summed E-state index contributed by atoms with van der Waals surface area (Å²) in [6, 6.07) is 4.43. The molecule has 102 valence electrons. The van der Waals surface area contributed by atoms with Crippen LogP contribution < -0.4 is 5.32 Å². The number of hydrogen-bond donors (Lipinski definition) is 2. The van der Waals surface area contributed by atoms with Crippen LogP contribution in [0, 0.1) is 5.92 Å². The van der Waals surface area contributed by atoms with Gasteiger partial charge >= 0.3 is 5.97 Å². The molecule has 0 aromatic heterocycles. The van der Waals surface area contributed by atoms with E-state index in [4.69, 9.17) is 9.84 Å². The third kappa shape index (κ3) is 2.93. The molecule has 1 aliphatic rings. The zero-order valence-electron chi connectivity index (χ0n) is 11.0. The Balaban J connectivity index is 2.13. The fourth-order valence-electron chi connectivity index (χ4n) is 2.05. The SMILES string of the molecule is CC(C)C(NC(=O)c1ccc2c(c1)COC2)C(=O)O. The van der Waals surface area contributed by atoms with Gasteiger partial charge in [-0.25, -0.2) is 4.79 Å². The molecule has 0 radical (unpaired) electrons.